The van der Waals surface area contributed by atoms with E-state index in [0.717, 1.165) is 38.0 Å². The summed E-state index contributed by atoms with van der Waals surface area (Å²) < 4.78 is 0. The molecule has 1 saturated carbocycles. The zero-order valence-corrected chi connectivity index (χ0v) is 11.5. The Balaban J connectivity index is 1.65. The summed E-state index contributed by atoms with van der Waals surface area (Å²) in [5.41, 5.74) is 0. The van der Waals surface area contributed by atoms with Crippen LogP contribution in [0.15, 0.2) is 0 Å². The predicted octanol–water partition coefficient (Wildman–Crippen LogP) is 1.51. The van der Waals surface area contributed by atoms with Gasteiger partial charge < -0.3 is 10.0 Å². The van der Waals surface area contributed by atoms with Gasteiger partial charge in [0.2, 0.25) is 0 Å². The molecule has 0 amide bonds. The maximum Gasteiger partial charge on any atom is 0.317 e. The highest BCUT2D eigenvalue weighted by Crippen LogP contribution is 2.28. The molecule has 1 aliphatic heterocycles. The van der Waals surface area contributed by atoms with Crippen molar-refractivity contribution in [3.63, 3.8) is 0 Å². The molecule has 1 N–H and O–H groups in total. The zero-order chi connectivity index (χ0) is 13.0. The van der Waals surface area contributed by atoms with Crippen LogP contribution in [0.25, 0.3) is 0 Å². The Morgan fingerprint density at radius 3 is 2.17 bits per heavy atom. The van der Waals surface area contributed by atoms with Crippen molar-refractivity contribution in [2.75, 3.05) is 39.3 Å². The van der Waals surface area contributed by atoms with Gasteiger partial charge in [0, 0.05) is 32.7 Å². The van der Waals surface area contributed by atoms with Crippen LogP contribution in [0.2, 0.25) is 0 Å². The van der Waals surface area contributed by atoms with E-state index in [1.807, 2.05) is 4.90 Å². The van der Waals surface area contributed by atoms with Crippen molar-refractivity contribution in [1.82, 2.24) is 9.80 Å². The average Bonchev–Trinajstić information content (AvgIpc) is 2.34. The summed E-state index contributed by atoms with van der Waals surface area (Å²) in [6, 6.07) is 0. The van der Waals surface area contributed by atoms with Gasteiger partial charge in [-0.25, -0.2) is 0 Å². The molecule has 0 aromatic rings. The minimum Gasteiger partial charge on any atom is -0.480 e. The molecule has 0 radical (unpaired) electrons. The monoisotopic (exact) mass is 254 g/mol. The van der Waals surface area contributed by atoms with Crippen molar-refractivity contribution in [1.29, 1.82) is 0 Å². The Morgan fingerprint density at radius 1 is 1.06 bits per heavy atom. The van der Waals surface area contributed by atoms with Crippen LogP contribution >= 0.6 is 0 Å². The summed E-state index contributed by atoms with van der Waals surface area (Å²) in [6.45, 7) is 7.70. The fourth-order valence-corrected chi connectivity index (χ4v) is 3.20. The Hall–Kier alpha value is -0.610. The van der Waals surface area contributed by atoms with Crippen molar-refractivity contribution in [3.05, 3.63) is 0 Å². The van der Waals surface area contributed by atoms with Crippen LogP contribution in [-0.2, 0) is 4.79 Å². The summed E-state index contributed by atoms with van der Waals surface area (Å²) in [5.74, 6) is 1.10. The second-order valence-electron chi connectivity index (χ2n) is 6.10. The van der Waals surface area contributed by atoms with Crippen LogP contribution in [0, 0.1) is 11.8 Å². The number of carboxylic acids is 1. The zero-order valence-electron chi connectivity index (χ0n) is 11.5. The van der Waals surface area contributed by atoms with E-state index in [2.05, 4.69) is 11.8 Å². The van der Waals surface area contributed by atoms with Crippen molar-refractivity contribution in [2.45, 2.75) is 32.6 Å². The number of rotatable bonds is 4. The van der Waals surface area contributed by atoms with Crippen molar-refractivity contribution >= 4 is 5.97 Å². The van der Waals surface area contributed by atoms with Gasteiger partial charge in [0.15, 0.2) is 0 Å². The molecule has 0 atom stereocenters. The molecule has 2 fully saturated rings. The highest BCUT2D eigenvalue weighted by molar-refractivity contribution is 5.69. The lowest BCUT2D eigenvalue weighted by molar-refractivity contribution is -0.138. The number of carboxylic acid groups (broad SMARTS) is 1. The van der Waals surface area contributed by atoms with Crippen molar-refractivity contribution in [3.8, 4) is 0 Å². The first-order chi connectivity index (χ1) is 8.63. The molecule has 0 unspecified atom stereocenters. The van der Waals surface area contributed by atoms with Gasteiger partial charge in [0.25, 0.3) is 0 Å². The highest BCUT2D eigenvalue weighted by Gasteiger charge is 2.23. The standard InChI is InChI=1S/C14H26N2O2/c1-12-2-4-13(5-3-12)10-15-6-8-16(9-7-15)11-14(17)18/h12-13H,2-11H2,1H3,(H,17,18). The summed E-state index contributed by atoms with van der Waals surface area (Å²) in [5, 5.41) is 8.76. The molecule has 1 heterocycles. The van der Waals surface area contributed by atoms with Crippen molar-refractivity contribution in [2.24, 2.45) is 11.8 Å². The Morgan fingerprint density at radius 2 is 1.61 bits per heavy atom. The van der Waals surface area contributed by atoms with E-state index < -0.39 is 5.97 Å². The largest absolute Gasteiger partial charge is 0.480 e. The average molecular weight is 254 g/mol. The second kappa shape index (κ2) is 6.53. The maximum absolute atomic E-state index is 10.6. The van der Waals surface area contributed by atoms with Gasteiger partial charge in [0.05, 0.1) is 6.54 Å². The molecule has 104 valence electrons. The van der Waals surface area contributed by atoms with E-state index in [0.29, 0.717) is 0 Å². The number of aliphatic carboxylic acids is 1. The summed E-state index contributed by atoms with van der Waals surface area (Å²) >= 11 is 0. The minimum absolute atomic E-state index is 0.203. The van der Waals surface area contributed by atoms with E-state index in [4.69, 9.17) is 5.11 Å². The van der Waals surface area contributed by atoms with Gasteiger partial charge in [-0.15, -0.1) is 0 Å². The summed E-state index contributed by atoms with van der Waals surface area (Å²) in [4.78, 5) is 15.2. The minimum atomic E-state index is -0.704. The maximum atomic E-state index is 10.6. The Kier molecular flexibility index (Phi) is 5.01. The topological polar surface area (TPSA) is 43.8 Å². The van der Waals surface area contributed by atoms with Crippen LogP contribution in [0.5, 0.6) is 0 Å². The molecular formula is C14H26N2O2. The van der Waals surface area contributed by atoms with E-state index in [1.165, 1.54) is 32.2 Å². The molecule has 1 saturated heterocycles. The number of hydrogen-bond acceptors (Lipinski definition) is 3. The summed E-state index contributed by atoms with van der Waals surface area (Å²) in [7, 11) is 0. The van der Waals surface area contributed by atoms with E-state index >= 15 is 0 Å². The molecule has 0 bridgehead atoms. The molecule has 4 nitrogen and oxygen atoms in total. The molecule has 2 aliphatic rings. The number of piperazine rings is 1. The third-order valence-corrected chi connectivity index (χ3v) is 4.48. The van der Waals surface area contributed by atoms with Gasteiger partial charge in [-0.2, -0.15) is 0 Å². The molecule has 0 aromatic heterocycles. The van der Waals surface area contributed by atoms with E-state index in [9.17, 15) is 4.79 Å². The third-order valence-electron chi connectivity index (χ3n) is 4.48. The van der Waals surface area contributed by atoms with Crippen LogP contribution in [-0.4, -0.2) is 60.1 Å². The van der Waals surface area contributed by atoms with Crippen molar-refractivity contribution < 1.29 is 9.90 Å². The molecular weight excluding hydrogens is 228 g/mol. The van der Waals surface area contributed by atoms with Gasteiger partial charge in [-0.05, 0) is 24.7 Å². The quantitative estimate of drug-likeness (QED) is 0.826. The Labute approximate surface area is 110 Å². The lowest BCUT2D eigenvalue weighted by atomic mass is 9.83. The Bertz CT molecular complexity index is 267. The molecule has 4 heteroatoms. The number of nitrogens with zero attached hydrogens (tertiary/aromatic N) is 2. The van der Waals surface area contributed by atoms with Gasteiger partial charge in [-0.3, -0.25) is 9.69 Å². The predicted molar refractivity (Wildman–Crippen MR) is 71.6 cm³/mol. The molecule has 18 heavy (non-hydrogen) atoms. The lowest BCUT2D eigenvalue weighted by Gasteiger charge is -2.37. The van der Waals surface area contributed by atoms with E-state index in [1.54, 1.807) is 0 Å². The first-order valence-corrected chi connectivity index (χ1v) is 7.30. The van der Waals surface area contributed by atoms with Crippen LogP contribution in [0.1, 0.15) is 32.6 Å². The normalized spacial score (nSPS) is 31.4. The molecule has 2 rings (SSSR count). The number of hydrogen-bond donors (Lipinski definition) is 1. The lowest BCUT2D eigenvalue weighted by Crippen LogP contribution is -2.49. The fraction of sp³-hybridized carbons (Fsp3) is 0.929. The SMILES string of the molecule is CC1CCC(CN2CCN(CC(=O)O)CC2)CC1. The van der Waals surface area contributed by atoms with Gasteiger partial charge in [0.1, 0.15) is 0 Å². The summed E-state index contributed by atoms with van der Waals surface area (Å²) in [6.07, 6.45) is 5.56. The second-order valence-corrected chi connectivity index (χ2v) is 6.10. The first-order valence-electron chi connectivity index (χ1n) is 7.30. The third kappa shape index (κ3) is 4.25. The van der Waals surface area contributed by atoms with Crippen LogP contribution in [0.3, 0.4) is 0 Å². The first kappa shape index (κ1) is 13.8. The van der Waals surface area contributed by atoms with Crippen LogP contribution in [0.4, 0.5) is 0 Å². The fourth-order valence-electron chi connectivity index (χ4n) is 3.20. The molecule has 0 aromatic carbocycles. The smallest absolute Gasteiger partial charge is 0.317 e. The number of carbonyl (C=O) groups is 1. The van der Waals surface area contributed by atoms with Gasteiger partial charge in [-0.1, -0.05) is 19.8 Å². The molecule has 1 aliphatic carbocycles. The van der Waals surface area contributed by atoms with E-state index in [-0.39, 0.29) is 6.54 Å². The van der Waals surface area contributed by atoms with Gasteiger partial charge >= 0.3 is 5.97 Å². The highest BCUT2D eigenvalue weighted by atomic mass is 16.4. The van der Waals surface area contributed by atoms with Crippen LogP contribution < -0.4 is 0 Å². The molecule has 0 spiro atoms.